The smallest absolute Gasteiger partial charge is 0.133 e. The van der Waals surface area contributed by atoms with Crippen molar-refractivity contribution in [2.45, 2.75) is 32.0 Å². The molecule has 86 valence electrons. The van der Waals surface area contributed by atoms with Gasteiger partial charge in [0.25, 0.3) is 0 Å². The molecule has 0 spiro atoms. The third-order valence-corrected chi connectivity index (χ3v) is 2.33. The molecule has 0 bridgehead atoms. The number of aliphatic hydroxyl groups excluding tert-OH is 2. The van der Waals surface area contributed by atoms with Crippen molar-refractivity contribution in [1.82, 2.24) is 5.32 Å². The Kier molecular flexibility index (Phi) is 5.39. The average molecular weight is 213 g/mol. The van der Waals surface area contributed by atoms with Gasteiger partial charge in [-0.05, 0) is 31.5 Å². The SMILES string of the molecule is CCC(O)CCNCC(O)c1ccco1. The van der Waals surface area contributed by atoms with Crippen molar-refractivity contribution in [3.05, 3.63) is 24.2 Å². The van der Waals surface area contributed by atoms with Crippen molar-refractivity contribution >= 4 is 0 Å². The van der Waals surface area contributed by atoms with Gasteiger partial charge < -0.3 is 19.9 Å². The van der Waals surface area contributed by atoms with Crippen LogP contribution in [0.5, 0.6) is 0 Å². The van der Waals surface area contributed by atoms with Gasteiger partial charge in [0.2, 0.25) is 0 Å². The van der Waals surface area contributed by atoms with Crippen LogP contribution in [0.2, 0.25) is 0 Å². The van der Waals surface area contributed by atoms with E-state index in [2.05, 4.69) is 5.32 Å². The van der Waals surface area contributed by atoms with Gasteiger partial charge in [0.1, 0.15) is 11.9 Å². The van der Waals surface area contributed by atoms with Crippen LogP contribution >= 0.6 is 0 Å². The van der Waals surface area contributed by atoms with E-state index in [-0.39, 0.29) is 6.10 Å². The first-order valence-corrected chi connectivity index (χ1v) is 5.34. The molecule has 1 aromatic heterocycles. The Morgan fingerprint density at radius 2 is 2.27 bits per heavy atom. The highest BCUT2D eigenvalue weighted by molar-refractivity contribution is 5.01. The van der Waals surface area contributed by atoms with Crippen LogP contribution in [0.4, 0.5) is 0 Å². The minimum Gasteiger partial charge on any atom is -0.467 e. The van der Waals surface area contributed by atoms with Gasteiger partial charge in [0.05, 0.1) is 12.4 Å². The summed E-state index contributed by atoms with van der Waals surface area (Å²) in [5.74, 6) is 0.568. The molecule has 1 rings (SSSR count). The van der Waals surface area contributed by atoms with Crippen molar-refractivity contribution < 1.29 is 14.6 Å². The molecule has 1 aromatic rings. The Balaban J connectivity index is 2.10. The second-order valence-electron chi connectivity index (χ2n) is 3.59. The number of furan rings is 1. The van der Waals surface area contributed by atoms with E-state index < -0.39 is 6.10 Å². The molecule has 0 aliphatic rings. The third kappa shape index (κ3) is 4.46. The van der Waals surface area contributed by atoms with Crippen LogP contribution in [0.15, 0.2) is 22.8 Å². The number of rotatable bonds is 7. The van der Waals surface area contributed by atoms with Gasteiger partial charge >= 0.3 is 0 Å². The van der Waals surface area contributed by atoms with Gasteiger partial charge in [-0.3, -0.25) is 0 Å². The molecule has 4 heteroatoms. The molecule has 0 radical (unpaired) electrons. The summed E-state index contributed by atoms with van der Waals surface area (Å²) >= 11 is 0. The lowest BCUT2D eigenvalue weighted by Gasteiger charge is -2.11. The first kappa shape index (κ1) is 12.2. The van der Waals surface area contributed by atoms with Gasteiger partial charge in [-0.15, -0.1) is 0 Å². The molecule has 2 atom stereocenters. The molecule has 0 saturated carbocycles. The summed E-state index contributed by atoms with van der Waals surface area (Å²) in [6, 6.07) is 3.49. The molecule has 15 heavy (non-hydrogen) atoms. The zero-order valence-electron chi connectivity index (χ0n) is 9.02. The van der Waals surface area contributed by atoms with Crippen LogP contribution in [0, 0.1) is 0 Å². The summed E-state index contributed by atoms with van der Waals surface area (Å²) in [6.07, 6.45) is 2.15. The van der Waals surface area contributed by atoms with Crippen LogP contribution in [-0.4, -0.2) is 29.4 Å². The van der Waals surface area contributed by atoms with E-state index in [0.29, 0.717) is 25.3 Å². The molecule has 1 heterocycles. The van der Waals surface area contributed by atoms with Crippen LogP contribution in [-0.2, 0) is 0 Å². The summed E-state index contributed by atoms with van der Waals surface area (Å²) in [6.45, 7) is 3.10. The number of aliphatic hydroxyl groups is 2. The average Bonchev–Trinajstić information content (AvgIpc) is 2.77. The summed E-state index contributed by atoms with van der Waals surface area (Å²) < 4.78 is 5.06. The first-order chi connectivity index (χ1) is 7.24. The van der Waals surface area contributed by atoms with Crippen LogP contribution < -0.4 is 5.32 Å². The molecule has 0 aliphatic carbocycles. The highest BCUT2D eigenvalue weighted by Gasteiger charge is 2.09. The van der Waals surface area contributed by atoms with E-state index in [1.807, 2.05) is 6.92 Å². The van der Waals surface area contributed by atoms with Crippen LogP contribution in [0.25, 0.3) is 0 Å². The van der Waals surface area contributed by atoms with E-state index in [1.54, 1.807) is 18.4 Å². The lowest BCUT2D eigenvalue weighted by Crippen LogP contribution is -2.25. The fourth-order valence-electron chi connectivity index (χ4n) is 1.29. The van der Waals surface area contributed by atoms with Gasteiger partial charge in [0.15, 0.2) is 0 Å². The van der Waals surface area contributed by atoms with Crippen molar-refractivity contribution in [3.8, 4) is 0 Å². The monoisotopic (exact) mass is 213 g/mol. The van der Waals surface area contributed by atoms with Crippen LogP contribution in [0.3, 0.4) is 0 Å². The van der Waals surface area contributed by atoms with E-state index in [4.69, 9.17) is 4.42 Å². The Hall–Kier alpha value is -0.840. The molecular formula is C11H19NO3. The quantitative estimate of drug-likeness (QED) is 0.593. The van der Waals surface area contributed by atoms with Crippen molar-refractivity contribution in [2.24, 2.45) is 0 Å². The van der Waals surface area contributed by atoms with Gasteiger partial charge in [-0.1, -0.05) is 6.92 Å². The molecule has 0 saturated heterocycles. The summed E-state index contributed by atoms with van der Waals surface area (Å²) in [7, 11) is 0. The zero-order valence-corrected chi connectivity index (χ0v) is 9.02. The second-order valence-corrected chi connectivity index (χ2v) is 3.59. The van der Waals surface area contributed by atoms with E-state index >= 15 is 0 Å². The van der Waals surface area contributed by atoms with Crippen molar-refractivity contribution in [3.63, 3.8) is 0 Å². The maximum atomic E-state index is 9.61. The molecule has 0 fully saturated rings. The topological polar surface area (TPSA) is 65.6 Å². The molecule has 2 unspecified atom stereocenters. The summed E-state index contributed by atoms with van der Waals surface area (Å²) in [4.78, 5) is 0. The standard InChI is InChI=1S/C11H19NO3/c1-2-9(13)5-6-12-8-10(14)11-4-3-7-15-11/h3-4,7,9-10,12-14H,2,5-6,8H2,1H3. The molecule has 0 aliphatic heterocycles. The molecule has 3 N–H and O–H groups in total. The normalized spacial score (nSPS) is 15.1. The van der Waals surface area contributed by atoms with Gasteiger partial charge in [-0.2, -0.15) is 0 Å². The number of hydrogen-bond acceptors (Lipinski definition) is 4. The Morgan fingerprint density at radius 3 is 2.87 bits per heavy atom. The maximum Gasteiger partial charge on any atom is 0.133 e. The van der Waals surface area contributed by atoms with E-state index in [0.717, 1.165) is 6.42 Å². The highest BCUT2D eigenvalue weighted by Crippen LogP contribution is 2.11. The largest absolute Gasteiger partial charge is 0.467 e. The highest BCUT2D eigenvalue weighted by atomic mass is 16.4. The Bertz CT molecular complexity index is 248. The van der Waals surface area contributed by atoms with Gasteiger partial charge in [0, 0.05) is 6.54 Å². The minimum atomic E-state index is -0.612. The van der Waals surface area contributed by atoms with Gasteiger partial charge in [-0.25, -0.2) is 0 Å². The van der Waals surface area contributed by atoms with Crippen molar-refractivity contribution in [2.75, 3.05) is 13.1 Å². The third-order valence-electron chi connectivity index (χ3n) is 2.33. The Morgan fingerprint density at radius 1 is 1.47 bits per heavy atom. The fourth-order valence-corrected chi connectivity index (χ4v) is 1.29. The second kappa shape index (κ2) is 6.61. The predicted octanol–water partition coefficient (Wildman–Crippen LogP) is 1.06. The molecule has 0 aromatic carbocycles. The number of nitrogens with one attached hydrogen (secondary N) is 1. The maximum absolute atomic E-state index is 9.61. The fraction of sp³-hybridized carbons (Fsp3) is 0.636. The zero-order chi connectivity index (χ0) is 11.1. The lowest BCUT2D eigenvalue weighted by molar-refractivity contribution is 0.137. The van der Waals surface area contributed by atoms with E-state index in [1.165, 1.54) is 0 Å². The Labute approximate surface area is 89.9 Å². The summed E-state index contributed by atoms with van der Waals surface area (Å²) in [5, 5.41) is 22.0. The summed E-state index contributed by atoms with van der Waals surface area (Å²) in [5.41, 5.74) is 0. The van der Waals surface area contributed by atoms with E-state index in [9.17, 15) is 10.2 Å². The van der Waals surface area contributed by atoms with Crippen LogP contribution in [0.1, 0.15) is 31.6 Å². The lowest BCUT2D eigenvalue weighted by atomic mass is 10.2. The van der Waals surface area contributed by atoms with Crippen molar-refractivity contribution in [1.29, 1.82) is 0 Å². The first-order valence-electron chi connectivity index (χ1n) is 5.34. The molecule has 0 amide bonds. The number of hydrogen-bond donors (Lipinski definition) is 3. The predicted molar refractivity (Wildman–Crippen MR) is 57.5 cm³/mol. The minimum absolute atomic E-state index is 0.252. The molecular weight excluding hydrogens is 194 g/mol. The molecule has 4 nitrogen and oxygen atoms in total.